The van der Waals surface area contributed by atoms with Crippen LogP contribution in [0.15, 0.2) is 23.8 Å². The lowest BCUT2D eigenvalue weighted by Crippen LogP contribution is -2.48. The molecule has 2 nitrogen and oxygen atoms in total. The highest BCUT2D eigenvalue weighted by molar-refractivity contribution is 5.27. The molecular formula is C10H15NO. The van der Waals surface area contributed by atoms with Gasteiger partial charge in [-0.15, -0.1) is 0 Å². The molecule has 2 rings (SSSR count). The van der Waals surface area contributed by atoms with Crippen LogP contribution in [0, 0.1) is 0 Å². The Morgan fingerprint density at radius 2 is 2.42 bits per heavy atom. The second kappa shape index (κ2) is 3.04. The van der Waals surface area contributed by atoms with Gasteiger partial charge in [0, 0.05) is 6.54 Å². The number of ether oxygens (including phenoxy) is 1. The summed E-state index contributed by atoms with van der Waals surface area (Å²) in [5.74, 6) is 0. The Labute approximate surface area is 73.5 Å². The Bertz CT molecular complexity index is 232. The zero-order valence-electron chi connectivity index (χ0n) is 7.66. The molecule has 2 heteroatoms. The molecule has 0 radical (unpaired) electrons. The van der Waals surface area contributed by atoms with Crippen LogP contribution >= 0.6 is 0 Å². The van der Waals surface area contributed by atoms with Crippen LogP contribution in [-0.4, -0.2) is 37.2 Å². The number of hydrogen-bond donors (Lipinski definition) is 0. The first-order chi connectivity index (χ1) is 5.77. The highest BCUT2D eigenvalue weighted by atomic mass is 16.5. The fourth-order valence-electron chi connectivity index (χ4n) is 1.79. The van der Waals surface area contributed by atoms with E-state index in [1.165, 1.54) is 5.57 Å². The van der Waals surface area contributed by atoms with Crippen molar-refractivity contribution in [2.45, 2.75) is 19.1 Å². The molecule has 12 heavy (non-hydrogen) atoms. The summed E-state index contributed by atoms with van der Waals surface area (Å²) in [6.07, 6.45) is 6.87. The first-order valence-electron chi connectivity index (χ1n) is 4.46. The third kappa shape index (κ3) is 1.32. The van der Waals surface area contributed by atoms with Gasteiger partial charge in [0.15, 0.2) is 0 Å². The molecule has 0 aromatic rings. The molecule has 0 amide bonds. The summed E-state index contributed by atoms with van der Waals surface area (Å²) in [6, 6.07) is 0.462. The van der Waals surface area contributed by atoms with Gasteiger partial charge in [0.2, 0.25) is 0 Å². The van der Waals surface area contributed by atoms with E-state index in [9.17, 15) is 0 Å². The molecule has 1 aliphatic carbocycles. The molecule has 1 fully saturated rings. The van der Waals surface area contributed by atoms with Crippen molar-refractivity contribution in [1.82, 2.24) is 4.90 Å². The van der Waals surface area contributed by atoms with Crippen molar-refractivity contribution >= 4 is 0 Å². The van der Waals surface area contributed by atoms with E-state index in [0.29, 0.717) is 6.04 Å². The molecule has 0 aromatic heterocycles. The van der Waals surface area contributed by atoms with E-state index in [1.807, 2.05) is 0 Å². The first-order valence-corrected chi connectivity index (χ1v) is 4.46. The normalized spacial score (nSPS) is 36.0. The van der Waals surface area contributed by atoms with Gasteiger partial charge < -0.3 is 4.74 Å². The molecule has 0 aromatic carbocycles. The van der Waals surface area contributed by atoms with Crippen molar-refractivity contribution < 1.29 is 4.74 Å². The number of hydrogen-bond acceptors (Lipinski definition) is 2. The van der Waals surface area contributed by atoms with Gasteiger partial charge in [-0.2, -0.15) is 0 Å². The Kier molecular flexibility index (Phi) is 2.03. The van der Waals surface area contributed by atoms with Crippen molar-refractivity contribution in [3.63, 3.8) is 0 Å². The maximum Gasteiger partial charge on any atom is 0.0950 e. The summed E-state index contributed by atoms with van der Waals surface area (Å²) < 4.78 is 5.63. The fraction of sp³-hybridized carbons (Fsp3) is 0.600. The van der Waals surface area contributed by atoms with E-state index in [2.05, 4.69) is 37.1 Å². The highest BCUT2D eigenvalue weighted by Crippen LogP contribution is 2.20. The van der Waals surface area contributed by atoms with E-state index >= 15 is 0 Å². The second-order valence-electron chi connectivity index (χ2n) is 3.58. The summed E-state index contributed by atoms with van der Waals surface area (Å²) in [7, 11) is 2.16. The molecule has 1 saturated heterocycles. The number of likely N-dealkylation sites (N-methyl/N-ethyl adjacent to an activating group) is 1. The molecule has 2 aliphatic rings. The Balaban J connectivity index is 2.18. The van der Waals surface area contributed by atoms with Crippen LogP contribution in [0.25, 0.3) is 0 Å². The highest BCUT2D eigenvalue weighted by Gasteiger charge is 2.27. The molecule has 0 spiro atoms. The summed E-state index contributed by atoms with van der Waals surface area (Å²) in [6.45, 7) is 4.03. The lowest BCUT2D eigenvalue weighted by Gasteiger charge is -2.37. The molecule has 0 bridgehead atoms. The SMILES string of the molecule is CC1=CC2C(C=C1)OCCN2C. The van der Waals surface area contributed by atoms with E-state index in [4.69, 9.17) is 4.74 Å². The summed E-state index contributed by atoms with van der Waals surface area (Å²) >= 11 is 0. The van der Waals surface area contributed by atoms with Gasteiger partial charge in [0.25, 0.3) is 0 Å². The minimum atomic E-state index is 0.285. The molecule has 1 aliphatic heterocycles. The predicted octanol–water partition coefficient (Wildman–Crippen LogP) is 1.20. The van der Waals surface area contributed by atoms with E-state index in [0.717, 1.165) is 13.2 Å². The third-order valence-electron chi connectivity index (χ3n) is 2.58. The minimum absolute atomic E-state index is 0.285. The van der Waals surface area contributed by atoms with Crippen molar-refractivity contribution in [1.29, 1.82) is 0 Å². The van der Waals surface area contributed by atoms with Crippen LogP contribution in [0.3, 0.4) is 0 Å². The monoisotopic (exact) mass is 165 g/mol. The van der Waals surface area contributed by atoms with Gasteiger partial charge in [0.1, 0.15) is 0 Å². The Morgan fingerprint density at radius 3 is 3.25 bits per heavy atom. The van der Waals surface area contributed by atoms with Crippen LogP contribution < -0.4 is 0 Å². The Hall–Kier alpha value is -0.600. The van der Waals surface area contributed by atoms with Gasteiger partial charge in [-0.3, -0.25) is 4.90 Å². The van der Waals surface area contributed by atoms with Crippen LogP contribution in [0.4, 0.5) is 0 Å². The Morgan fingerprint density at radius 1 is 1.58 bits per heavy atom. The molecule has 1 heterocycles. The standard InChI is InChI=1S/C10H15NO/c1-8-3-4-10-9(7-8)11(2)5-6-12-10/h3-4,7,9-10H,5-6H2,1-2H3. The zero-order chi connectivity index (χ0) is 8.55. The molecule has 2 unspecified atom stereocenters. The van der Waals surface area contributed by atoms with Crippen LogP contribution in [0.1, 0.15) is 6.92 Å². The van der Waals surface area contributed by atoms with Gasteiger partial charge in [-0.05, 0) is 14.0 Å². The molecule has 2 atom stereocenters. The predicted molar refractivity (Wildman–Crippen MR) is 49.1 cm³/mol. The number of allylic oxidation sites excluding steroid dienone is 2. The van der Waals surface area contributed by atoms with Gasteiger partial charge in [-0.1, -0.05) is 23.8 Å². The first kappa shape index (κ1) is 8.02. The van der Waals surface area contributed by atoms with Gasteiger partial charge in [-0.25, -0.2) is 0 Å². The quantitative estimate of drug-likeness (QED) is 0.535. The van der Waals surface area contributed by atoms with Crippen molar-refractivity contribution in [3.05, 3.63) is 23.8 Å². The topological polar surface area (TPSA) is 12.5 Å². The molecule has 66 valence electrons. The van der Waals surface area contributed by atoms with E-state index in [-0.39, 0.29) is 6.10 Å². The fourth-order valence-corrected chi connectivity index (χ4v) is 1.79. The molecule has 0 saturated carbocycles. The van der Waals surface area contributed by atoms with E-state index < -0.39 is 0 Å². The minimum Gasteiger partial charge on any atom is -0.371 e. The number of nitrogens with zero attached hydrogens (tertiary/aromatic N) is 1. The summed E-state index contributed by atoms with van der Waals surface area (Å²) in [5.41, 5.74) is 1.34. The van der Waals surface area contributed by atoms with Gasteiger partial charge >= 0.3 is 0 Å². The number of morpholine rings is 1. The largest absolute Gasteiger partial charge is 0.371 e. The lowest BCUT2D eigenvalue weighted by molar-refractivity contribution is -0.0209. The summed E-state index contributed by atoms with van der Waals surface area (Å²) in [5, 5.41) is 0. The van der Waals surface area contributed by atoms with Crippen molar-refractivity contribution in [2.24, 2.45) is 0 Å². The van der Waals surface area contributed by atoms with Crippen molar-refractivity contribution in [2.75, 3.05) is 20.2 Å². The zero-order valence-corrected chi connectivity index (χ0v) is 7.66. The maximum absolute atomic E-state index is 5.63. The smallest absolute Gasteiger partial charge is 0.0950 e. The van der Waals surface area contributed by atoms with E-state index in [1.54, 1.807) is 0 Å². The number of rotatable bonds is 0. The van der Waals surface area contributed by atoms with Crippen LogP contribution in [0.5, 0.6) is 0 Å². The summed E-state index contributed by atoms with van der Waals surface area (Å²) in [4.78, 5) is 2.35. The van der Waals surface area contributed by atoms with Gasteiger partial charge in [0.05, 0.1) is 18.8 Å². The maximum atomic E-state index is 5.63. The van der Waals surface area contributed by atoms with Crippen LogP contribution in [-0.2, 0) is 4.74 Å². The van der Waals surface area contributed by atoms with Crippen LogP contribution in [0.2, 0.25) is 0 Å². The van der Waals surface area contributed by atoms with Crippen molar-refractivity contribution in [3.8, 4) is 0 Å². The lowest BCUT2D eigenvalue weighted by atomic mass is 9.99. The average Bonchev–Trinajstić information content (AvgIpc) is 2.07. The third-order valence-corrected chi connectivity index (χ3v) is 2.58. The molecular weight excluding hydrogens is 150 g/mol. The molecule has 0 N–H and O–H groups in total. The second-order valence-corrected chi connectivity index (χ2v) is 3.58. The number of fused-ring (bicyclic) bond motifs is 1. The average molecular weight is 165 g/mol.